The highest BCUT2D eigenvalue weighted by atomic mass is 16.3. The Balaban J connectivity index is 2.39. The normalized spacial score (nSPS) is 14.9. The molecule has 15 heavy (non-hydrogen) atoms. The van der Waals surface area contributed by atoms with E-state index in [1.165, 1.54) is 0 Å². The van der Waals surface area contributed by atoms with Crippen LogP contribution in [-0.4, -0.2) is 29.4 Å². The fourth-order valence-corrected chi connectivity index (χ4v) is 1.50. The second-order valence-electron chi connectivity index (χ2n) is 3.75. The van der Waals surface area contributed by atoms with E-state index in [4.69, 9.17) is 5.11 Å². The van der Waals surface area contributed by atoms with Crippen molar-refractivity contribution in [2.45, 2.75) is 25.5 Å². The Labute approximate surface area is 90.8 Å². The van der Waals surface area contributed by atoms with Crippen molar-refractivity contribution >= 4 is 0 Å². The van der Waals surface area contributed by atoms with Gasteiger partial charge in [0.2, 0.25) is 0 Å². The molecule has 0 unspecified atom stereocenters. The number of hydrogen-bond acceptors (Lipinski definition) is 2. The van der Waals surface area contributed by atoms with Crippen LogP contribution in [0.5, 0.6) is 0 Å². The molecule has 3 heteroatoms. The average molecular weight is 210 g/mol. The van der Waals surface area contributed by atoms with Gasteiger partial charge in [-0.15, -0.1) is 0 Å². The number of quaternary nitrogens is 1. The van der Waals surface area contributed by atoms with Gasteiger partial charge in [-0.25, -0.2) is 0 Å². The highest BCUT2D eigenvalue weighted by Crippen LogP contribution is 2.09. The molecule has 0 aliphatic carbocycles. The molecule has 1 rings (SSSR count). The molecular formula is C12H20NO2+. The molecule has 3 nitrogen and oxygen atoms in total. The minimum Gasteiger partial charge on any atom is -0.390 e. The van der Waals surface area contributed by atoms with E-state index in [2.05, 4.69) is 0 Å². The Bertz CT molecular complexity index is 260. The van der Waals surface area contributed by atoms with E-state index in [0.29, 0.717) is 6.54 Å². The molecule has 0 aliphatic rings. The van der Waals surface area contributed by atoms with Crippen LogP contribution in [0.15, 0.2) is 30.3 Å². The Morgan fingerprint density at radius 2 is 1.93 bits per heavy atom. The Morgan fingerprint density at radius 3 is 2.47 bits per heavy atom. The summed E-state index contributed by atoms with van der Waals surface area (Å²) >= 11 is 0. The molecule has 0 fully saturated rings. The number of rotatable bonds is 6. The van der Waals surface area contributed by atoms with Crippen LogP contribution in [0.25, 0.3) is 0 Å². The number of nitrogens with two attached hydrogens (primary N) is 1. The van der Waals surface area contributed by atoms with Gasteiger partial charge in [-0.3, -0.25) is 0 Å². The van der Waals surface area contributed by atoms with Crippen LogP contribution in [0.3, 0.4) is 0 Å². The number of benzene rings is 1. The van der Waals surface area contributed by atoms with E-state index in [1.54, 1.807) is 0 Å². The highest BCUT2D eigenvalue weighted by molar-refractivity contribution is 5.16. The third-order valence-corrected chi connectivity index (χ3v) is 2.64. The molecule has 0 amide bonds. The van der Waals surface area contributed by atoms with E-state index in [-0.39, 0.29) is 12.6 Å². The average Bonchev–Trinajstić information content (AvgIpc) is 2.31. The van der Waals surface area contributed by atoms with E-state index in [9.17, 15) is 5.11 Å². The molecule has 1 aromatic rings. The van der Waals surface area contributed by atoms with Crippen LogP contribution >= 0.6 is 0 Å². The van der Waals surface area contributed by atoms with Gasteiger partial charge in [-0.2, -0.15) is 0 Å². The van der Waals surface area contributed by atoms with Crippen molar-refractivity contribution in [3.05, 3.63) is 35.9 Å². The quantitative estimate of drug-likeness (QED) is 0.621. The summed E-state index contributed by atoms with van der Waals surface area (Å²) in [6.07, 6.45) is 0.463. The van der Waals surface area contributed by atoms with E-state index >= 15 is 0 Å². The van der Waals surface area contributed by atoms with Crippen molar-refractivity contribution in [1.82, 2.24) is 0 Å². The fourth-order valence-electron chi connectivity index (χ4n) is 1.50. The lowest BCUT2D eigenvalue weighted by atomic mass is 10.1. The van der Waals surface area contributed by atoms with Gasteiger partial charge in [0.25, 0.3) is 0 Å². The van der Waals surface area contributed by atoms with Crippen LogP contribution in [0, 0.1) is 0 Å². The molecule has 2 atom stereocenters. The zero-order valence-electron chi connectivity index (χ0n) is 9.13. The van der Waals surface area contributed by atoms with Crippen LogP contribution in [0.1, 0.15) is 25.0 Å². The van der Waals surface area contributed by atoms with Crippen LogP contribution in [-0.2, 0) is 0 Å². The molecule has 0 radical (unpaired) electrons. The van der Waals surface area contributed by atoms with Crippen LogP contribution < -0.4 is 5.32 Å². The largest absolute Gasteiger partial charge is 0.390 e. The van der Waals surface area contributed by atoms with Crippen molar-refractivity contribution in [2.24, 2.45) is 0 Å². The first-order chi connectivity index (χ1) is 7.27. The molecule has 0 heterocycles. The summed E-state index contributed by atoms with van der Waals surface area (Å²) in [7, 11) is 0. The van der Waals surface area contributed by atoms with Gasteiger partial charge in [-0.1, -0.05) is 37.3 Å². The topological polar surface area (TPSA) is 57.1 Å². The number of aliphatic hydroxyl groups is 2. The maximum absolute atomic E-state index is 9.85. The van der Waals surface area contributed by atoms with E-state index in [0.717, 1.165) is 12.0 Å². The predicted molar refractivity (Wildman–Crippen MR) is 59.4 cm³/mol. The van der Waals surface area contributed by atoms with Crippen LogP contribution in [0.2, 0.25) is 0 Å². The molecule has 0 saturated carbocycles. The van der Waals surface area contributed by atoms with Crippen molar-refractivity contribution in [3.8, 4) is 0 Å². The molecule has 0 spiro atoms. The molecule has 4 N–H and O–H groups in total. The molecule has 1 aromatic carbocycles. The minimum atomic E-state index is -0.452. The molecular weight excluding hydrogens is 190 g/mol. The van der Waals surface area contributed by atoms with Gasteiger partial charge in [0.05, 0.1) is 6.61 Å². The Morgan fingerprint density at radius 1 is 1.27 bits per heavy atom. The third-order valence-electron chi connectivity index (χ3n) is 2.64. The smallest absolute Gasteiger partial charge is 0.128 e. The lowest BCUT2D eigenvalue weighted by molar-refractivity contribution is -0.697. The van der Waals surface area contributed by atoms with Gasteiger partial charge in [0.15, 0.2) is 0 Å². The molecule has 0 saturated heterocycles. The summed E-state index contributed by atoms with van der Waals surface area (Å²) in [5.41, 5.74) is 0.932. The van der Waals surface area contributed by atoms with Gasteiger partial charge >= 0.3 is 0 Å². The molecule has 0 aliphatic heterocycles. The third kappa shape index (κ3) is 4.00. The van der Waals surface area contributed by atoms with E-state index < -0.39 is 6.10 Å². The second-order valence-corrected chi connectivity index (χ2v) is 3.75. The first kappa shape index (κ1) is 12.2. The van der Waals surface area contributed by atoms with E-state index in [1.807, 2.05) is 42.6 Å². The van der Waals surface area contributed by atoms with Crippen molar-refractivity contribution in [3.63, 3.8) is 0 Å². The molecule has 0 aromatic heterocycles. The predicted octanol–water partition coefficient (Wildman–Crippen LogP) is 0.0543. The fraction of sp³-hybridized carbons (Fsp3) is 0.500. The van der Waals surface area contributed by atoms with Crippen molar-refractivity contribution in [1.29, 1.82) is 0 Å². The highest BCUT2D eigenvalue weighted by Gasteiger charge is 2.12. The summed E-state index contributed by atoms with van der Waals surface area (Å²) < 4.78 is 0. The van der Waals surface area contributed by atoms with Crippen LogP contribution in [0.4, 0.5) is 0 Å². The minimum absolute atomic E-state index is 0.165. The summed E-state index contributed by atoms with van der Waals surface area (Å²) in [6.45, 7) is 2.80. The first-order valence-corrected chi connectivity index (χ1v) is 5.45. The summed E-state index contributed by atoms with van der Waals surface area (Å²) in [5.74, 6) is 0. The molecule has 84 valence electrons. The summed E-state index contributed by atoms with van der Waals surface area (Å²) in [6, 6.07) is 9.80. The summed E-state index contributed by atoms with van der Waals surface area (Å²) in [5, 5.41) is 20.8. The van der Waals surface area contributed by atoms with Gasteiger partial charge in [0, 0.05) is 0 Å². The van der Waals surface area contributed by atoms with Crippen molar-refractivity contribution < 1.29 is 15.5 Å². The standard InChI is InChI=1S/C12H19NO2/c1-2-11(9-14)13-8-12(15)10-6-4-3-5-7-10/h3-7,11-15H,2,8-9H2,1H3/p+1/t11-,12-/m0/s1. The monoisotopic (exact) mass is 210 g/mol. The second kappa shape index (κ2) is 6.56. The molecule has 0 bridgehead atoms. The SMILES string of the molecule is CC[C@@H](CO)[NH2+]C[C@H](O)c1ccccc1. The summed E-state index contributed by atoms with van der Waals surface area (Å²) in [4.78, 5) is 0. The zero-order valence-corrected chi connectivity index (χ0v) is 9.13. The van der Waals surface area contributed by atoms with Crippen molar-refractivity contribution in [2.75, 3.05) is 13.2 Å². The maximum atomic E-state index is 9.85. The maximum Gasteiger partial charge on any atom is 0.128 e. The van der Waals surface area contributed by atoms with Gasteiger partial charge < -0.3 is 15.5 Å². The van der Waals surface area contributed by atoms with Gasteiger partial charge in [-0.05, 0) is 12.0 Å². The first-order valence-electron chi connectivity index (χ1n) is 5.45. The number of aliphatic hydroxyl groups excluding tert-OH is 2. The zero-order chi connectivity index (χ0) is 11.1. The number of hydrogen-bond donors (Lipinski definition) is 3. The Kier molecular flexibility index (Phi) is 5.32. The Hall–Kier alpha value is -0.900. The lowest BCUT2D eigenvalue weighted by Gasteiger charge is -2.14. The van der Waals surface area contributed by atoms with Gasteiger partial charge in [0.1, 0.15) is 18.7 Å². The lowest BCUT2D eigenvalue weighted by Crippen LogP contribution is -2.91.